The number of nitrogens with zero attached hydrogens (tertiary/aromatic N) is 2. The van der Waals surface area contributed by atoms with E-state index in [1.165, 1.54) is 6.07 Å². The Labute approximate surface area is 144 Å². The SMILES string of the molecule is O=c1ccc(-c2ccc3cc(OCCn4ccnc4)ccc3c2)c[nH]1. The second kappa shape index (κ2) is 6.65. The van der Waals surface area contributed by atoms with E-state index in [1.807, 2.05) is 35.0 Å². The lowest BCUT2D eigenvalue weighted by atomic mass is 10.0. The van der Waals surface area contributed by atoms with Crippen molar-refractivity contribution < 1.29 is 4.74 Å². The van der Waals surface area contributed by atoms with Gasteiger partial charge in [0.15, 0.2) is 0 Å². The van der Waals surface area contributed by atoms with Crippen molar-refractivity contribution in [2.45, 2.75) is 6.54 Å². The van der Waals surface area contributed by atoms with E-state index in [9.17, 15) is 4.79 Å². The molecule has 5 nitrogen and oxygen atoms in total. The van der Waals surface area contributed by atoms with Crippen LogP contribution in [0.25, 0.3) is 21.9 Å². The molecule has 0 atom stereocenters. The van der Waals surface area contributed by atoms with Gasteiger partial charge >= 0.3 is 0 Å². The third-order valence-corrected chi connectivity index (χ3v) is 4.11. The third-order valence-electron chi connectivity index (χ3n) is 4.11. The Morgan fingerprint density at radius 1 is 1.00 bits per heavy atom. The third kappa shape index (κ3) is 3.45. The normalized spacial score (nSPS) is 10.9. The highest BCUT2D eigenvalue weighted by molar-refractivity contribution is 5.88. The fourth-order valence-electron chi connectivity index (χ4n) is 2.77. The summed E-state index contributed by atoms with van der Waals surface area (Å²) in [6, 6.07) is 15.7. The molecule has 0 saturated heterocycles. The molecule has 0 aliphatic carbocycles. The largest absolute Gasteiger partial charge is 0.492 e. The minimum absolute atomic E-state index is 0.0953. The zero-order chi connectivity index (χ0) is 17.1. The number of rotatable bonds is 5. The summed E-state index contributed by atoms with van der Waals surface area (Å²) in [5.41, 5.74) is 1.96. The van der Waals surface area contributed by atoms with Gasteiger partial charge in [-0.3, -0.25) is 4.79 Å². The predicted molar refractivity (Wildman–Crippen MR) is 97.7 cm³/mol. The van der Waals surface area contributed by atoms with Crippen molar-refractivity contribution in [1.82, 2.24) is 14.5 Å². The number of hydrogen-bond donors (Lipinski definition) is 1. The lowest BCUT2D eigenvalue weighted by Gasteiger charge is -2.09. The molecule has 2 aromatic carbocycles. The number of nitrogens with one attached hydrogen (secondary N) is 1. The molecule has 2 aromatic heterocycles. The monoisotopic (exact) mass is 331 g/mol. The second-order valence-corrected chi connectivity index (χ2v) is 5.81. The van der Waals surface area contributed by atoms with Crippen LogP contribution in [0.2, 0.25) is 0 Å². The first-order valence-corrected chi connectivity index (χ1v) is 8.09. The topological polar surface area (TPSA) is 59.9 Å². The van der Waals surface area contributed by atoms with Gasteiger partial charge in [0, 0.05) is 24.7 Å². The summed E-state index contributed by atoms with van der Waals surface area (Å²) in [7, 11) is 0. The van der Waals surface area contributed by atoms with Crippen LogP contribution in [0.1, 0.15) is 0 Å². The van der Waals surface area contributed by atoms with E-state index in [4.69, 9.17) is 4.74 Å². The molecule has 0 aliphatic rings. The fraction of sp³-hybridized carbons (Fsp3) is 0.100. The minimum Gasteiger partial charge on any atom is -0.492 e. The van der Waals surface area contributed by atoms with E-state index in [0.717, 1.165) is 34.2 Å². The van der Waals surface area contributed by atoms with E-state index in [-0.39, 0.29) is 5.56 Å². The average molecular weight is 331 g/mol. The van der Waals surface area contributed by atoms with Gasteiger partial charge in [-0.05, 0) is 46.2 Å². The molecule has 0 bridgehead atoms. The highest BCUT2D eigenvalue weighted by atomic mass is 16.5. The average Bonchev–Trinajstić information content (AvgIpc) is 3.15. The molecule has 1 N–H and O–H groups in total. The molecule has 0 aliphatic heterocycles. The van der Waals surface area contributed by atoms with Crippen LogP contribution in [0, 0.1) is 0 Å². The lowest BCUT2D eigenvalue weighted by molar-refractivity contribution is 0.298. The maximum atomic E-state index is 11.2. The molecule has 0 unspecified atom stereocenters. The van der Waals surface area contributed by atoms with Crippen LogP contribution in [0.5, 0.6) is 5.75 Å². The fourth-order valence-corrected chi connectivity index (χ4v) is 2.77. The number of aromatic nitrogens is 3. The van der Waals surface area contributed by atoms with Crippen LogP contribution in [-0.2, 0) is 6.54 Å². The van der Waals surface area contributed by atoms with Crippen LogP contribution in [0.15, 0.2) is 78.2 Å². The highest BCUT2D eigenvalue weighted by Gasteiger charge is 2.02. The number of aromatic amines is 1. The zero-order valence-corrected chi connectivity index (χ0v) is 13.6. The molecule has 0 saturated carbocycles. The van der Waals surface area contributed by atoms with Gasteiger partial charge in [-0.15, -0.1) is 0 Å². The van der Waals surface area contributed by atoms with Crippen molar-refractivity contribution in [1.29, 1.82) is 0 Å². The first-order valence-electron chi connectivity index (χ1n) is 8.09. The number of ether oxygens (including phenoxy) is 1. The quantitative estimate of drug-likeness (QED) is 0.609. The van der Waals surface area contributed by atoms with Crippen LogP contribution in [-0.4, -0.2) is 21.1 Å². The summed E-state index contributed by atoms with van der Waals surface area (Å²) in [6.45, 7) is 1.36. The molecule has 0 amide bonds. The Kier molecular flexibility index (Phi) is 4.04. The Morgan fingerprint density at radius 3 is 2.64 bits per heavy atom. The molecule has 5 heteroatoms. The van der Waals surface area contributed by atoms with Crippen molar-refractivity contribution in [3.8, 4) is 16.9 Å². The number of imidazole rings is 1. The van der Waals surface area contributed by atoms with Gasteiger partial charge in [0.1, 0.15) is 12.4 Å². The highest BCUT2D eigenvalue weighted by Crippen LogP contribution is 2.26. The summed E-state index contributed by atoms with van der Waals surface area (Å²) >= 11 is 0. The molecule has 4 rings (SSSR count). The van der Waals surface area contributed by atoms with Crippen molar-refractivity contribution in [2.75, 3.05) is 6.61 Å². The van der Waals surface area contributed by atoms with Gasteiger partial charge in [0.2, 0.25) is 5.56 Å². The van der Waals surface area contributed by atoms with Gasteiger partial charge in [0.25, 0.3) is 0 Å². The molecule has 0 fully saturated rings. The van der Waals surface area contributed by atoms with E-state index in [2.05, 4.69) is 28.2 Å². The Morgan fingerprint density at radius 2 is 1.84 bits per heavy atom. The number of H-pyrrole nitrogens is 1. The molecule has 4 aromatic rings. The Hall–Kier alpha value is -3.34. The van der Waals surface area contributed by atoms with Gasteiger partial charge in [-0.2, -0.15) is 0 Å². The molecule has 124 valence electrons. The van der Waals surface area contributed by atoms with Gasteiger partial charge in [0.05, 0.1) is 12.9 Å². The van der Waals surface area contributed by atoms with Crippen molar-refractivity contribution in [2.24, 2.45) is 0 Å². The number of hydrogen-bond acceptors (Lipinski definition) is 3. The van der Waals surface area contributed by atoms with E-state index in [1.54, 1.807) is 18.7 Å². The summed E-state index contributed by atoms with van der Waals surface area (Å²) < 4.78 is 7.81. The smallest absolute Gasteiger partial charge is 0.247 e. The number of benzene rings is 2. The van der Waals surface area contributed by atoms with Gasteiger partial charge in [-0.25, -0.2) is 4.98 Å². The van der Waals surface area contributed by atoms with Crippen molar-refractivity contribution in [3.63, 3.8) is 0 Å². The van der Waals surface area contributed by atoms with E-state index < -0.39 is 0 Å². The summed E-state index contributed by atoms with van der Waals surface area (Å²) in [4.78, 5) is 17.9. The minimum atomic E-state index is -0.0953. The standard InChI is InChI=1S/C20H17N3O2/c24-20-6-4-18(13-22-20)16-1-2-17-12-19(5-3-15(17)11-16)25-10-9-23-8-7-21-14-23/h1-8,11-14H,9-10H2,(H,22,24). The summed E-state index contributed by atoms with van der Waals surface area (Å²) in [5, 5.41) is 2.25. The maximum absolute atomic E-state index is 11.2. The van der Waals surface area contributed by atoms with Gasteiger partial charge < -0.3 is 14.3 Å². The number of fused-ring (bicyclic) bond motifs is 1. The predicted octanol–water partition coefficient (Wildman–Crippen LogP) is 3.47. The van der Waals surface area contributed by atoms with Crippen LogP contribution < -0.4 is 10.3 Å². The molecule has 2 heterocycles. The lowest BCUT2D eigenvalue weighted by Crippen LogP contribution is -2.06. The zero-order valence-electron chi connectivity index (χ0n) is 13.6. The van der Waals surface area contributed by atoms with Crippen LogP contribution in [0.4, 0.5) is 0 Å². The first kappa shape index (κ1) is 15.2. The van der Waals surface area contributed by atoms with E-state index in [0.29, 0.717) is 6.61 Å². The summed E-state index contributed by atoms with van der Waals surface area (Å²) in [6.07, 6.45) is 7.19. The molecule has 0 spiro atoms. The number of pyridine rings is 1. The van der Waals surface area contributed by atoms with Crippen molar-refractivity contribution in [3.05, 3.63) is 83.8 Å². The maximum Gasteiger partial charge on any atom is 0.247 e. The summed E-state index contributed by atoms with van der Waals surface area (Å²) in [5.74, 6) is 0.851. The Bertz CT molecular complexity index is 1030. The molecular weight excluding hydrogens is 314 g/mol. The van der Waals surface area contributed by atoms with Crippen LogP contribution in [0.3, 0.4) is 0 Å². The van der Waals surface area contributed by atoms with Crippen molar-refractivity contribution >= 4 is 10.8 Å². The van der Waals surface area contributed by atoms with E-state index >= 15 is 0 Å². The second-order valence-electron chi connectivity index (χ2n) is 5.81. The van der Waals surface area contributed by atoms with Gasteiger partial charge in [-0.1, -0.05) is 18.2 Å². The Balaban J connectivity index is 1.52. The molecular formula is C20H17N3O2. The molecule has 25 heavy (non-hydrogen) atoms. The first-order chi connectivity index (χ1) is 12.3. The van der Waals surface area contributed by atoms with Crippen LogP contribution >= 0.6 is 0 Å². The molecule has 0 radical (unpaired) electrons.